The second kappa shape index (κ2) is 5.96. The summed E-state index contributed by atoms with van der Waals surface area (Å²) in [5.41, 5.74) is 0. The van der Waals surface area contributed by atoms with Crippen LogP contribution in [0.15, 0.2) is 35.2 Å². The molecule has 1 aromatic rings. The van der Waals surface area contributed by atoms with Crippen molar-refractivity contribution in [1.29, 1.82) is 0 Å². The Kier molecular flexibility index (Phi) is 7.41. The molecule has 0 fully saturated rings. The molecule has 0 aliphatic carbocycles. The van der Waals surface area contributed by atoms with Crippen molar-refractivity contribution in [1.82, 2.24) is 0 Å². The van der Waals surface area contributed by atoms with E-state index in [0.717, 1.165) is 0 Å². The van der Waals surface area contributed by atoms with E-state index in [2.05, 4.69) is 0 Å². The normalized spacial score (nSPS) is 9.42. The van der Waals surface area contributed by atoms with Crippen molar-refractivity contribution in [3.63, 3.8) is 0 Å². The first-order valence-electron chi connectivity index (χ1n) is 2.63. The summed E-state index contributed by atoms with van der Waals surface area (Å²) in [6, 6.07) is 7.42. The van der Waals surface area contributed by atoms with Crippen LogP contribution in [0.1, 0.15) is 1.43 Å². The summed E-state index contributed by atoms with van der Waals surface area (Å²) in [6.07, 6.45) is 0. The molecule has 0 unspecified atom stereocenters. The van der Waals surface area contributed by atoms with Crippen LogP contribution < -0.4 is 29.6 Å². The Labute approximate surface area is 101 Å². The zero-order chi connectivity index (χ0) is 7.61. The molecule has 0 aliphatic heterocycles. The van der Waals surface area contributed by atoms with Crippen LogP contribution >= 0.6 is 12.4 Å². The predicted octanol–water partition coefficient (Wildman–Crippen LogP) is -1.53. The Morgan fingerprint density at radius 3 is 1.83 bits per heavy atom. The van der Waals surface area contributed by atoms with Crippen LogP contribution in [0, 0.1) is 0 Å². The second-order valence-corrected chi connectivity index (χ2v) is 3.21. The molecule has 0 aromatic heterocycles. The van der Waals surface area contributed by atoms with Crippen LogP contribution in [-0.4, -0.2) is 13.0 Å². The summed E-state index contributed by atoms with van der Waals surface area (Å²) in [5, 5.41) is 0. The second-order valence-electron chi connectivity index (χ2n) is 1.79. The minimum Gasteiger partial charge on any atom is -1.00 e. The molecule has 1 N–H and O–H groups in total. The van der Waals surface area contributed by atoms with Crippen molar-refractivity contribution in [2.24, 2.45) is 0 Å². The fourth-order valence-corrected chi connectivity index (χ4v) is 1.09. The van der Waals surface area contributed by atoms with Gasteiger partial charge in [0.25, 0.3) is 10.1 Å². The Balaban J connectivity index is -0.000000333. The van der Waals surface area contributed by atoms with Gasteiger partial charge in [-0.2, -0.15) is 8.42 Å². The van der Waals surface area contributed by atoms with E-state index in [4.69, 9.17) is 4.55 Å². The molecule has 0 spiro atoms. The monoisotopic (exact) mass is 218 g/mol. The molecule has 1 rings (SSSR count). The predicted molar refractivity (Wildman–Crippen MR) is 44.6 cm³/mol. The van der Waals surface area contributed by atoms with Crippen LogP contribution in [0.5, 0.6) is 0 Å². The third-order valence-corrected chi connectivity index (χ3v) is 1.91. The Morgan fingerprint density at radius 1 is 1.17 bits per heavy atom. The van der Waals surface area contributed by atoms with E-state index in [1.165, 1.54) is 12.1 Å². The van der Waals surface area contributed by atoms with Crippen LogP contribution in [-0.2, 0) is 10.1 Å². The molecule has 0 saturated heterocycles. The summed E-state index contributed by atoms with van der Waals surface area (Å²) in [7, 11) is -4.00. The first-order valence-corrected chi connectivity index (χ1v) is 4.07. The van der Waals surface area contributed by atoms with Crippen molar-refractivity contribution in [3.8, 4) is 0 Å². The molecule has 3 nitrogen and oxygen atoms in total. The van der Waals surface area contributed by atoms with Gasteiger partial charge in [0.1, 0.15) is 0 Å². The molecule has 0 saturated carbocycles. The summed E-state index contributed by atoms with van der Waals surface area (Å²) in [6.45, 7) is 0. The number of hydrogen-bond donors (Lipinski definition) is 1. The van der Waals surface area contributed by atoms with Crippen LogP contribution in [0.25, 0.3) is 0 Å². The fourth-order valence-electron chi connectivity index (χ4n) is 0.592. The summed E-state index contributed by atoms with van der Waals surface area (Å²) < 4.78 is 29.2. The third-order valence-electron chi connectivity index (χ3n) is 1.04. The van der Waals surface area contributed by atoms with E-state index < -0.39 is 10.1 Å². The van der Waals surface area contributed by atoms with Crippen LogP contribution in [0.3, 0.4) is 0 Å². The molecule has 0 aliphatic rings. The van der Waals surface area contributed by atoms with Gasteiger partial charge in [0.15, 0.2) is 0 Å². The average molecular weight is 219 g/mol. The van der Waals surface area contributed by atoms with Gasteiger partial charge in [0, 0.05) is 0 Å². The van der Waals surface area contributed by atoms with E-state index in [0.29, 0.717) is 0 Å². The zero-order valence-corrected chi connectivity index (χ0v) is 10.1. The van der Waals surface area contributed by atoms with Crippen LogP contribution in [0.2, 0.25) is 0 Å². The van der Waals surface area contributed by atoms with E-state index in [1.54, 1.807) is 18.2 Å². The van der Waals surface area contributed by atoms with Crippen molar-refractivity contribution >= 4 is 22.5 Å². The largest absolute Gasteiger partial charge is 1.00 e. The van der Waals surface area contributed by atoms with Gasteiger partial charge in [-0.1, -0.05) is 18.2 Å². The maximum Gasteiger partial charge on any atom is 1.00 e. The summed E-state index contributed by atoms with van der Waals surface area (Å²) in [4.78, 5) is -0.0741. The van der Waals surface area contributed by atoms with Gasteiger partial charge in [-0.05, 0) is 12.1 Å². The SMILES string of the molecule is Cl.O=S(=O)(O)c1ccccc1.[H-].[Na+]. The zero-order valence-electron chi connectivity index (χ0n) is 7.47. The van der Waals surface area contributed by atoms with Gasteiger partial charge in [0.05, 0.1) is 4.90 Å². The van der Waals surface area contributed by atoms with Gasteiger partial charge in [-0.25, -0.2) is 0 Å². The number of rotatable bonds is 1. The van der Waals surface area contributed by atoms with Gasteiger partial charge in [0.2, 0.25) is 0 Å². The molecule has 64 valence electrons. The minimum absolute atomic E-state index is 0. The van der Waals surface area contributed by atoms with Gasteiger partial charge in [-0.15, -0.1) is 12.4 Å². The number of benzene rings is 1. The number of hydrogen-bond acceptors (Lipinski definition) is 2. The quantitative estimate of drug-likeness (QED) is 0.460. The molecule has 0 heterocycles. The van der Waals surface area contributed by atoms with Crippen molar-refractivity contribution in [2.45, 2.75) is 4.90 Å². The summed E-state index contributed by atoms with van der Waals surface area (Å²) in [5.74, 6) is 0. The number of halogens is 1. The average Bonchev–Trinajstić information content (AvgIpc) is 1.88. The van der Waals surface area contributed by atoms with E-state index >= 15 is 0 Å². The topological polar surface area (TPSA) is 54.4 Å². The first kappa shape index (κ1) is 14.9. The van der Waals surface area contributed by atoms with Crippen molar-refractivity contribution < 1.29 is 44.0 Å². The van der Waals surface area contributed by atoms with Crippen molar-refractivity contribution in [3.05, 3.63) is 30.3 Å². The Hall–Kier alpha value is 0.420. The van der Waals surface area contributed by atoms with E-state index in [9.17, 15) is 8.42 Å². The Morgan fingerprint density at radius 2 is 1.58 bits per heavy atom. The molecule has 1 aromatic carbocycles. The standard InChI is InChI=1S/C6H6O3S.ClH.Na.H/c7-10(8,9)6-4-2-1-3-5-6;;;/h1-5H,(H,7,8,9);1H;;/q;;+1;-1. The fraction of sp³-hybridized carbons (Fsp3) is 0. The van der Waals surface area contributed by atoms with Gasteiger partial charge < -0.3 is 1.43 Å². The first-order chi connectivity index (χ1) is 4.61. The third kappa shape index (κ3) is 4.45. The Bertz CT molecular complexity index is 316. The van der Waals surface area contributed by atoms with E-state index in [-0.39, 0.29) is 48.3 Å². The van der Waals surface area contributed by atoms with Gasteiger partial charge in [-0.3, -0.25) is 4.55 Å². The maximum absolute atomic E-state index is 10.4. The van der Waals surface area contributed by atoms with E-state index in [1.807, 2.05) is 0 Å². The minimum atomic E-state index is -4.00. The molecular formula is C6H8ClNaO3S. The molecule has 0 amide bonds. The molecule has 6 heteroatoms. The maximum atomic E-state index is 10.4. The molecule has 12 heavy (non-hydrogen) atoms. The van der Waals surface area contributed by atoms with Crippen molar-refractivity contribution in [2.75, 3.05) is 0 Å². The molecular weight excluding hydrogens is 211 g/mol. The molecule has 0 bridgehead atoms. The van der Waals surface area contributed by atoms with Gasteiger partial charge >= 0.3 is 29.6 Å². The smallest absolute Gasteiger partial charge is 1.00 e. The molecule has 0 atom stereocenters. The summed E-state index contributed by atoms with van der Waals surface area (Å²) >= 11 is 0. The van der Waals surface area contributed by atoms with Crippen LogP contribution in [0.4, 0.5) is 0 Å². The molecule has 0 radical (unpaired) electrons.